The van der Waals surface area contributed by atoms with E-state index in [0.717, 1.165) is 12.1 Å². The van der Waals surface area contributed by atoms with Crippen LogP contribution in [0, 0.1) is 12.7 Å². The fourth-order valence-corrected chi connectivity index (χ4v) is 2.12. The number of aryl methyl sites for hydroxylation is 2. The van der Waals surface area contributed by atoms with Gasteiger partial charge in [0.1, 0.15) is 5.82 Å². The van der Waals surface area contributed by atoms with E-state index in [0.29, 0.717) is 17.8 Å². The van der Waals surface area contributed by atoms with Crippen LogP contribution in [0.25, 0.3) is 0 Å². The molecule has 0 aliphatic carbocycles. The van der Waals surface area contributed by atoms with Gasteiger partial charge in [-0.15, -0.1) is 0 Å². The molecule has 19 heavy (non-hydrogen) atoms. The standard InChI is InChI=1S/C16H19FN2/c1-3-12-6-4-5-7-13(12)10-19-16-8-11(2)14(17)9-15(16)18/h4-9,19H,3,10,18H2,1-2H3. The van der Waals surface area contributed by atoms with Crippen molar-refractivity contribution in [2.24, 2.45) is 0 Å². The second kappa shape index (κ2) is 5.74. The number of hydrogen-bond donors (Lipinski definition) is 2. The van der Waals surface area contributed by atoms with Crippen LogP contribution >= 0.6 is 0 Å². The molecule has 2 rings (SSSR count). The van der Waals surface area contributed by atoms with Crippen LogP contribution < -0.4 is 11.1 Å². The van der Waals surface area contributed by atoms with Gasteiger partial charge in [0.05, 0.1) is 11.4 Å². The van der Waals surface area contributed by atoms with Crippen LogP contribution in [0.5, 0.6) is 0 Å². The van der Waals surface area contributed by atoms with Crippen LogP contribution in [-0.2, 0) is 13.0 Å². The van der Waals surface area contributed by atoms with E-state index in [9.17, 15) is 4.39 Å². The van der Waals surface area contributed by atoms with Crippen LogP contribution in [0.1, 0.15) is 23.6 Å². The number of nitrogens with two attached hydrogens (primary N) is 1. The minimum absolute atomic E-state index is 0.267. The lowest BCUT2D eigenvalue weighted by Gasteiger charge is -2.13. The zero-order chi connectivity index (χ0) is 13.8. The van der Waals surface area contributed by atoms with Crippen LogP contribution in [0.15, 0.2) is 36.4 Å². The average molecular weight is 258 g/mol. The summed E-state index contributed by atoms with van der Waals surface area (Å²) in [6.07, 6.45) is 0.996. The van der Waals surface area contributed by atoms with Crippen LogP contribution in [0.4, 0.5) is 15.8 Å². The summed E-state index contributed by atoms with van der Waals surface area (Å²) in [4.78, 5) is 0. The van der Waals surface area contributed by atoms with E-state index >= 15 is 0 Å². The molecule has 0 aliphatic rings. The maximum Gasteiger partial charge on any atom is 0.128 e. The van der Waals surface area contributed by atoms with Crippen molar-refractivity contribution in [2.45, 2.75) is 26.8 Å². The Morgan fingerprint density at radius 3 is 2.53 bits per heavy atom. The molecule has 0 saturated heterocycles. The summed E-state index contributed by atoms with van der Waals surface area (Å²) in [6, 6.07) is 11.4. The van der Waals surface area contributed by atoms with Gasteiger partial charge < -0.3 is 11.1 Å². The van der Waals surface area contributed by atoms with Gasteiger partial charge in [0.15, 0.2) is 0 Å². The van der Waals surface area contributed by atoms with Crippen molar-refractivity contribution >= 4 is 11.4 Å². The monoisotopic (exact) mass is 258 g/mol. The number of anilines is 2. The van der Waals surface area contributed by atoms with Crippen LogP contribution in [-0.4, -0.2) is 0 Å². The Kier molecular flexibility index (Phi) is 4.05. The second-order valence-corrected chi connectivity index (χ2v) is 4.66. The molecule has 100 valence electrons. The van der Waals surface area contributed by atoms with E-state index in [1.807, 2.05) is 12.1 Å². The molecule has 0 bridgehead atoms. The summed E-state index contributed by atoms with van der Waals surface area (Å²) in [6.45, 7) is 4.56. The maximum atomic E-state index is 13.3. The smallest absolute Gasteiger partial charge is 0.128 e. The first kappa shape index (κ1) is 13.4. The van der Waals surface area contributed by atoms with Crippen molar-refractivity contribution < 1.29 is 4.39 Å². The number of halogens is 1. The van der Waals surface area contributed by atoms with Gasteiger partial charge in [0.2, 0.25) is 0 Å². The Balaban J connectivity index is 2.17. The molecule has 3 heteroatoms. The topological polar surface area (TPSA) is 38.0 Å². The Bertz CT molecular complexity index is 579. The third kappa shape index (κ3) is 3.05. The van der Waals surface area contributed by atoms with Gasteiger partial charge in [-0.2, -0.15) is 0 Å². The molecule has 0 aliphatic heterocycles. The molecule has 0 amide bonds. The van der Waals surface area contributed by atoms with Gasteiger partial charge in [-0.05, 0) is 42.2 Å². The number of benzene rings is 2. The summed E-state index contributed by atoms with van der Waals surface area (Å²) >= 11 is 0. The average Bonchev–Trinajstić information content (AvgIpc) is 2.41. The summed E-state index contributed by atoms with van der Waals surface area (Å²) < 4.78 is 13.3. The first-order valence-electron chi connectivity index (χ1n) is 6.48. The fourth-order valence-electron chi connectivity index (χ4n) is 2.12. The van der Waals surface area contributed by atoms with E-state index in [2.05, 4.69) is 24.4 Å². The minimum Gasteiger partial charge on any atom is -0.397 e. The predicted octanol–water partition coefficient (Wildman–Crippen LogP) is 3.89. The lowest BCUT2D eigenvalue weighted by Crippen LogP contribution is -2.05. The SMILES string of the molecule is CCc1ccccc1CNc1cc(C)c(F)cc1N. The van der Waals surface area contributed by atoms with Crippen LogP contribution in [0.2, 0.25) is 0 Å². The van der Waals surface area contributed by atoms with Crippen LogP contribution in [0.3, 0.4) is 0 Å². The van der Waals surface area contributed by atoms with Crippen molar-refractivity contribution in [3.05, 3.63) is 58.9 Å². The van der Waals surface area contributed by atoms with Crippen molar-refractivity contribution in [3.63, 3.8) is 0 Å². The van der Waals surface area contributed by atoms with Gasteiger partial charge in [-0.1, -0.05) is 31.2 Å². The van der Waals surface area contributed by atoms with E-state index < -0.39 is 0 Å². The first-order chi connectivity index (χ1) is 9.11. The Morgan fingerprint density at radius 2 is 1.84 bits per heavy atom. The van der Waals surface area contributed by atoms with Gasteiger partial charge in [-0.25, -0.2) is 4.39 Å². The lowest BCUT2D eigenvalue weighted by molar-refractivity contribution is 0.619. The van der Waals surface area contributed by atoms with E-state index in [1.54, 1.807) is 13.0 Å². The Labute approximate surface area is 113 Å². The van der Waals surface area contributed by atoms with E-state index in [1.165, 1.54) is 17.2 Å². The van der Waals surface area contributed by atoms with Gasteiger partial charge in [0.25, 0.3) is 0 Å². The molecule has 0 spiro atoms. The quantitative estimate of drug-likeness (QED) is 0.816. The third-order valence-electron chi connectivity index (χ3n) is 3.30. The normalized spacial score (nSPS) is 10.5. The minimum atomic E-state index is -0.267. The van der Waals surface area contributed by atoms with Gasteiger partial charge >= 0.3 is 0 Å². The molecular formula is C16H19FN2. The van der Waals surface area contributed by atoms with Crippen molar-refractivity contribution in [1.82, 2.24) is 0 Å². The molecular weight excluding hydrogens is 239 g/mol. The lowest BCUT2D eigenvalue weighted by atomic mass is 10.1. The first-order valence-corrected chi connectivity index (χ1v) is 6.48. The zero-order valence-electron chi connectivity index (χ0n) is 11.3. The number of hydrogen-bond acceptors (Lipinski definition) is 2. The molecule has 0 saturated carbocycles. The molecule has 2 nitrogen and oxygen atoms in total. The predicted molar refractivity (Wildman–Crippen MR) is 78.7 cm³/mol. The number of nitrogen functional groups attached to an aromatic ring is 1. The van der Waals surface area contributed by atoms with Crippen molar-refractivity contribution in [1.29, 1.82) is 0 Å². The zero-order valence-corrected chi connectivity index (χ0v) is 11.3. The summed E-state index contributed by atoms with van der Waals surface area (Å²) in [5.41, 5.74) is 10.2. The molecule has 0 heterocycles. The Morgan fingerprint density at radius 1 is 1.16 bits per heavy atom. The highest BCUT2D eigenvalue weighted by atomic mass is 19.1. The van der Waals surface area contributed by atoms with E-state index in [4.69, 9.17) is 5.73 Å². The second-order valence-electron chi connectivity index (χ2n) is 4.66. The van der Waals surface area contributed by atoms with Crippen molar-refractivity contribution in [2.75, 3.05) is 11.1 Å². The maximum absolute atomic E-state index is 13.3. The highest BCUT2D eigenvalue weighted by Crippen LogP contribution is 2.23. The molecule has 0 aromatic heterocycles. The molecule has 2 aromatic carbocycles. The van der Waals surface area contributed by atoms with Gasteiger partial charge in [-0.3, -0.25) is 0 Å². The fraction of sp³-hybridized carbons (Fsp3) is 0.250. The van der Waals surface area contributed by atoms with Crippen molar-refractivity contribution in [3.8, 4) is 0 Å². The molecule has 0 atom stereocenters. The summed E-state index contributed by atoms with van der Waals surface area (Å²) in [7, 11) is 0. The molecule has 2 aromatic rings. The summed E-state index contributed by atoms with van der Waals surface area (Å²) in [5, 5.41) is 3.28. The van der Waals surface area contributed by atoms with E-state index in [-0.39, 0.29) is 5.82 Å². The number of nitrogens with one attached hydrogen (secondary N) is 1. The molecule has 0 fully saturated rings. The third-order valence-corrected chi connectivity index (χ3v) is 3.30. The highest BCUT2D eigenvalue weighted by Gasteiger charge is 2.05. The Hall–Kier alpha value is -2.03. The number of rotatable bonds is 4. The largest absolute Gasteiger partial charge is 0.397 e. The summed E-state index contributed by atoms with van der Waals surface area (Å²) in [5.74, 6) is -0.267. The van der Waals surface area contributed by atoms with Gasteiger partial charge in [0, 0.05) is 6.54 Å². The molecule has 3 N–H and O–H groups in total. The highest BCUT2D eigenvalue weighted by molar-refractivity contribution is 5.67. The molecule has 0 unspecified atom stereocenters. The molecule has 0 radical (unpaired) electrons.